The second kappa shape index (κ2) is 6.73. The minimum Gasteiger partial charge on any atom is -0.508 e. The zero-order chi connectivity index (χ0) is 14.5. The van der Waals surface area contributed by atoms with Crippen LogP contribution in [0.3, 0.4) is 0 Å². The number of benzene rings is 2. The van der Waals surface area contributed by atoms with E-state index in [-0.39, 0.29) is 5.75 Å². The summed E-state index contributed by atoms with van der Waals surface area (Å²) >= 11 is 12.0. The van der Waals surface area contributed by atoms with Crippen molar-refractivity contribution in [3.63, 3.8) is 0 Å². The Morgan fingerprint density at radius 3 is 2.65 bits per heavy atom. The molecule has 0 radical (unpaired) electrons. The maximum atomic E-state index is 9.74. The standard InChI is InChI=1S/C15H15Cl2NO2/c1-2-20-15-6-4-12(8-13(15)17)18-9-10-7-11(16)3-5-14(10)19/h3-8,18-19H,2,9H2,1H3. The fraction of sp³-hybridized carbons (Fsp3) is 0.200. The normalized spacial score (nSPS) is 10.3. The predicted octanol–water partition coefficient (Wildman–Crippen LogP) is 4.71. The molecule has 2 aromatic carbocycles. The van der Waals surface area contributed by atoms with E-state index in [0.29, 0.717) is 28.9 Å². The van der Waals surface area contributed by atoms with E-state index in [1.165, 1.54) is 0 Å². The van der Waals surface area contributed by atoms with Crippen LogP contribution in [0.25, 0.3) is 0 Å². The summed E-state index contributed by atoms with van der Waals surface area (Å²) in [5, 5.41) is 14.1. The van der Waals surface area contributed by atoms with Crippen LogP contribution in [-0.2, 0) is 6.54 Å². The van der Waals surface area contributed by atoms with Gasteiger partial charge in [-0.25, -0.2) is 0 Å². The number of ether oxygens (including phenoxy) is 1. The van der Waals surface area contributed by atoms with Crippen molar-refractivity contribution in [2.45, 2.75) is 13.5 Å². The summed E-state index contributed by atoms with van der Waals surface area (Å²) in [4.78, 5) is 0. The average Bonchev–Trinajstić information content (AvgIpc) is 2.43. The minimum atomic E-state index is 0.207. The van der Waals surface area contributed by atoms with Crippen LogP contribution < -0.4 is 10.1 Å². The van der Waals surface area contributed by atoms with Gasteiger partial charge in [-0.05, 0) is 43.3 Å². The molecule has 0 heterocycles. The molecule has 0 spiro atoms. The van der Waals surface area contributed by atoms with Gasteiger partial charge in [-0.3, -0.25) is 0 Å². The van der Waals surface area contributed by atoms with Crippen LogP contribution in [0.1, 0.15) is 12.5 Å². The molecule has 0 aliphatic heterocycles. The van der Waals surface area contributed by atoms with Crippen molar-refractivity contribution >= 4 is 28.9 Å². The summed E-state index contributed by atoms with van der Waals surface area (Å²) in [7, 11) is 0. The van der Waals surface area contributed by atoms with Gasteiger partial charge in [0.2, 0.25) is 0 Å². The van der Waals surface area contributed by atoms with E-state index >= 15 is 0 Å². The number of nitrogens with one attached hydrogen (secondary N) is 1. The molecule has 106 valence electrons. The summed E-state index contributed by atoms with van der Waals surface area (Å²) in [6, 6.07) is 10.4. The van der Waals surface area contributed by atoms with Crippen molar-refractivity contribution in [3.8, 4) is 11.5 Å². The molecule has 0 fully saturated rings. The number of phenols is 1. The number of hydrogen-bond donors (Lipinski definition) is 2. The van der Waals surface area contributed by atoms with Gasteiger partial charge in [0, 0.05) is 22.8 Å². The molecule has 2 N–H and O–H groups in total. The van der Waals surface area contributed by atoms with Gasteiger partial charge >= 0.3 is 0 Å². The lowest BCUT2D eigenvalue weighted by Crippen LogP contribution is -2.00. The molecule has 0 amide bonds. The molecule has 0 aliphatic carbocycles. The zero-order valence-corrected chi connectivity index (χ0v) is 12.5. The molecule has 0 atom stereocenters. The van der Waals surface area contributed by atoms with E-state index in [1.807, 2.05) is 19.1 Å². The van der Waals surface area contributed by atoms with Crippen molar-refractivity contribution in [2.24, 2.45) is 0 Å². The van der Waals surface area contributed by atoms with E-state index in [4.69, 9.17) is 27.9 Å². The summed E-state index contributed by atoms with van der Waals surface area (Å²) in [6.45, 7) is 2.93. The van der Waals surface area contributed by atoms with Crippen LogP contribution in [0.4, 0.5) is 5.69 Å². The summed E-state index contributed by atoms with van der Waals surface area (Å²) < 4.78 is 5.37. The number of phenolic OH excluding ortho intramolecular Hbond substituents is 1. The Hall–Kier alpha value is -1.58. The number of anilines is 1. The third-order valence-electron chi connectivity index (χ3n) is 2.76. The lowest BCUT2D eigenvalue weighted by atomic mass is 10.2. The van der Waals surface area contributed by atoms with Gasteiger partial charge in [0.15, 0.2) is 0 Å². The Balaban J connectivity index is 2.07. The maximum Gasteiger partial charge on any atom is 0.138 e. The number of halogens is 2. The van der Waals surface area contributed by atoms with Gasteiger partial charge in [-0.15, -0.1) is 0 Å². The maximum absolute atomic E-state index is 9.74. The Labute approximate surface area is 128 Å². The fourth-order valence-corrected chi connectivity index (χ4v) is 2.21. The van der Waals surface area contributed by atoms with Crippen LogP contribution in [0.15, 0.2) is 36.4 Å². The van der Waals surface area contributed by atoms with E-state index < -0.39 is 0 Å². The van der Waals surface area contributed by atoms with Crippen LogP contribution in [0.5, 0.6) is 11.5 Å². The summed E-state index contributed by atoms with van der Waals surface area (Å²) in [5.74, 6) is 0.865. The first kappa shape index (κ1) is 14.8. The molecule has 0 bridgehead atoms. The molecule has 2 rings (SSSR count). The predicted molar refractivity (Wildman–Crippen MR) is 83.1 cm³/mol. The van der Waals surface area contributed by atoms with Crippen molar-refractivity contribution in [1.29, 1.82) is 0 Å². The third-order valence-corrected chi connectivity index (χ3v) is 3.29. The quantitative estimate of drug-likeness (QED) is 0.840. The van der Waals surface area contributed by atoms with Crippen molar-refractivity contribution in [3.05, 3.63) is 52.0 Å². The van der Waals surface area contributed by atoms with E-state index in [9.17, 15) is 5.11 Å². The molecular formula is C15H15Cl2NO2. The molecule has 3 nitrogen and oxygen atoms in total. The highest BCUT2D eigenvalue weighted by molar-refractivity contribution is 6.32. The Morgan fingerprint density at radius 2 is 1.95 bits per heavy atom. The molecular weight excluding hydrogens is 297 g/mol. The van der Waals surface area contributed by atoms with Crippen LogP contribution >= 0.6 is 23.2 Å². The molecule has 0 saturated heterocycles. The van der Waals surface area contributed by atoms with Gasteiger partial charge in [0.05, 0.1) is 11.6 Å². The topological polar surface area (TPSA) is 41.5 Å². The highest BCUT2D eigenvalue weighted by Crippen LogP contribution is 2.28. The number of aromatic hydroxyl groups is 1. The molecule has 20 heavy (non-hydrogen) atoms. The van der Waals surface area contributed by atoms with E-state index in [0.717, 1.165) is 11.3 Å². The first-order valence-electron chi connectivity index (χ1n) is 6.23. The monoisotopic (exact) mass is 311 g/mol. The van der Waals surface area contributed by atoms with Crippen LogP contribution in [0.2, 0.25) is 10.0 Å². The molecule has 0 aromatic heterocycles. The van der Waals surface area contributed by atoms with E-state index in [2.05, 4.69) is 5.32 Å². The molecule has 0 saturated carbocycles. The first-order chi connectivity index (χ1) is 9.60. The lowest BCUT2D eigenvalue weighted by Gasteiger charge is -2.11. The van der Waals surface area contributed by atoms with Crippen LogP contribution in [-0.4, -0.2) is 11.7 Å². The summed E-state index contributed by atoms with van der Waals surface area (Å²) in [6.07, 6.45) is 0. The lowest BCUT2D eigenvalue weighted by molar-refractivity contribution is 0.340. The molecule has 5 heteroatoms. The molecule has 0 unspecified atom stereocenters. The van der Waals surface area contributed by atoms with Crippen LogP contribution in [0, 0.1) is 0 Å². The zero-order valence-electron chi connectivity index (χ0n) is 11.0. The van der Waals surface area contributed by atoms with Gasteiger partial charge in [0.25, 0.3) is 0 Å². The van der Waals surface area contributed by atoms with Crippen molar-refractivity contribution < 1.29 is 9.84 Å². The van der Waals surface area contributed by atoms with Crippen molar-refractivity contribution in [1.82, 2.24) is 0 Å². The smallest absolute Gasteiger partial charge is 0.138 e. The third kappa shape index (κ3) is 3.71. The minimum absolute atomic E-state index is 0.207. The average molecular weight is 312 g/mol. The number of rotatable bonds is 5. The number of hydrogen-bond acceptors (Lipinski definition) is 3. The van der Waals surface area contributed by atoms with Gasteiger partial charge in [-0.2, -0.15) is 0 Å². The van der Waals surface area contributed by atoms with Gasteiger partial charge < -0.3 is 15.2 Å². The van der Waals surface area contributed by atoms with Gasteiger partial charge in [-0.1, -0.05) is 23.2 Å². The van der Waals surface area contributed by atoms with Crippen molar-refractivity contribution in [2.75, 3.05) is 11.9 Å². The Kier molecular flexibility index (Phi) is 4.99. The Morgan fingerprint density at radius 1 is 1.15 bits per heavy atom. The highest BCUT2D eigenvalue weighted by atomic mass is 35.5. The van der Waals surface area contributed by atoms with Gasteiger partial charge in [0.1, 0.15) is 11.5 Å². The second-order valence-electron chi connectivity index (χ2n) is 4.20. The fourth-order valence-electron chi connectivity index (χ4n) is 1.78. The molecule has 2 aromatic rings. The van der Waals surface area contributed by atoms with E-state index in [1.54, 1.807) is 24.3 Å². The Bertz CT molecular complexity index is 602. The SMILES string of the molecule is CCOc1ccc(NCc2cc(Cl)ccc2O)cc1Cl. The second-order valence-corrected chi connectivity index (χ2v) is 5.05. The highest BCUT2D eigenvalue weighted by Gasteiger charge is 2.05. The first-order valence-corrected chi connectivity index (χ1v) is 6.99. The largest absolute Gasteiger partial charge is 0.508 e. The summed E-state index contributed by atoms with van der Waals surface area (Å²) in [5.41, 5.74) is 1.57. The molecule has 0 aliphatic rings.